The van der Waals surface area contributed by atoms with E-state index in [0.717, 1.165) is 19.3 Å². The minimum Gasteiger partial charge on any atom is -0.337 e. The fourth-order valence-corrected chi connectivity index (χ4v) is 3.78. The maximum atomic E-state index is 12.8. The van der Waals surface area contributed by atoms with Crippen molar-refractivity contribution in [2.24, 2.45) is 0 Å². The summed E-state index contributed by atoms with van der Waals surface area (Å²) in [7, 11) is 1.83. The van der Waals surface area contributed by atoms with Gasteiger partial charge in [0.25, 0.3) is 5.56 Å². The smallest absolute Gasteiger partial charge is 0.261 e. The summed E-state index contributed by atoms with van der Waals surface area (Å²) in [4.78, 5) is 31.5. The topological polar surface area (TPSA) is 55.2 Å². The molecule has 26 heavy (non-hydrogen) atoms. The van der Waals surface area contributed by atoms with E-state index < -0.39 is 0 Å². The lowest BCUT2D eigenvalue weighted by Gasteiger charge is -2.33. The fourth-order valence-electron chi connectivity index (χ4n) is 3.78. The minimum absolute atomic E-state index is 0.00579. The summed E-state index contributed by atoms with van der Waals surface area (Å²) < 4.78 is 1.40. The van der Waals surface area contributed by atoms with E-state index in [0.29, 0.717) is 10.9 Å². The van der Waals surface area contributed by atoms with Gasteiger partial charge in [0.05, 0.1) is 23.3 Å². The maximum Gasteiger partial charge on any atom is 0.261 e. The Morgan fingerprint density at radius 1 is 1.19 bits per heavy atom. The molecule has 1 unspecified atom stereocenters. The van der Waals surface area contributed by atoms with E-state index in [-0.39, 0.29) is 24.1 Å². The lowest BCUT2D eigenvalue weighted by Crippen LogP contribution is -2.37. The van der Waals surface area contributed by atoms with Crippen LogP contribution in [0.1, 0.15) is 30.0 Å². The van der Waals surface area contributed by atoms with E-state index in [1.54, 1.807) is 17.0 Å². The average Bonchev–Trinajstić information content (AvgIpc) is 2.69. The van der Waals surface area contributed by atoms with E-state index in [2.05, 4.69) is 17.1 Å². The van der Waals surface area contributed by atoms with E-state index in [1.807, 2.05) is 31.3 Å². The van der Waals surface area contributed by atoms with Crippen LogP contribution in [-0.4, -0.2) is 27.4 Å². The van der Waals surface area contributed by atoms with Crippen molar-refractivity contribution in [3.05, 3.63) is 76.3 Å². The van der Waals surface area contributed by atoms with Crippen molar-refractivity contribution in [3.63, 3.8) is 0 Å². The van der Waals surface area contributed by atoms with Crippen molar-refractivity contribution >= 4 is 16.8 Å². The number of likely N-dealkylation sites (N-methyl/N-ethyl adjacent to an activating group) is 1. The molecular formula is C21H21N3O2. The van der Waals surface area contributed by atoms with Crippen LogP contribution in [0, 0.1) is 0 Å². The first-order chi connectivity index (χ1) is 12.6. The Hall–Kier alpha value is -2.95. The molecule has 0 saturated heterocycles. The van der Waals surface area contributed by atoms with Crippen molar-refractivity contribution < 1.29 is 4.79 Å². The van der Waals surface area contributed by atoms with Gasteiger partial charge >= 0.3 is 0 Å². The van der Waals surface area contributed by atoms with E-state index in [1.165, 1.54) is 22.0 Å². The van der Waals surface area contributed by atoms with Crippen molar-refractivity contribution in [2.75, 3.05) is 7.05 Å². The maximum absolute atomic E-state index is 12.8. The number of hydrogen-bond donors (Lipinski definition) is 0. The number of hydrogen-bond acceptors (Lipinski definition) is 3. The van der Waals surface area contributed by atoms with Crippen LogP contribution in [0.3, 0.4) is 0 Å². The number of para-hydroxylation sites is 1. The molecule has 132 valence electrons. The van der Waals surface area contributed by atoms with Crippen LogP contribution in [0.25, 0.3) is 10.9 Å². The van der Waals surface area contributed by atoms with Gasteiger partial charge in [-0.2, -0.15) is 0 Å². The lowest BCUT2D eigenvalue weighted by atomic mass is 9.87. The number of aryl methyl sites for hydroxylation is 1. The third kappa shape index (κ3) is 2.90. The van der Waals surface area contributed by atoms with E-state index in [4.69, 9.17) is 0 Å². The Balaban J connectivity index is 1.59. The molecular weight excluding hydrogens is 326 g/mol. The van der Waals surface area contributed by atoms with Gasteiger partial charge in [0.15, 0.2) is 0 Å². The molecule has 5 heteroatoms. The van der Waals surface area contributed by atoms with Gasteiger partial charge in [0, 0.05) is 7.05 Å². The number of rotatable bonds is 3. The van der Waals surface area contributed by atoms with Crippen LogP contribution < -0.4 is 5.56 Å². The molecule has 0 fully saturated rings. The number of fused-ring (bicyclic) bond motifs is 2. The highest BCUT2D eigenvalue weighted by Gasteiger charge is 2.26. The average molecular weight is 347 g/mol. The Kier molecular flexibility index (Phi) is 4.29. The first-order valence-corrected chi connectivity index (χ1v) is 8.93. The second-order valence-electron chi connectivity index (χ2n) is 6.81. The molecule has 0 radical (unpaired) electrons. The normalized spacial score (nSPS) is 16.3. The second-order valence-corrected chi connectivity index (χ2v) is 6.81. The Bertz CT molecular complexity index is 1020. The van der Waals surface area contributed by atoms with E-state index >= 15 is 0 Å². The summed E-state index contributed by atoms with van der Waals surface area (Å²) in [5.74, 6) is -0.0779. The zero-order valence-corrected chi connectivity index (χ0v) is 14.8. The highest BCUT2D eigenvalue weighted by Crippen LogP contribution is 2.33. The van der Waals surface area contributed by atoms with Gasteiger partial charge in [-0.1, -0.05) is 36.4 Å². The molecule has 0 N–H and O–H groups in total. The third-order valence-electron chi connectivity index (χ3n) is 5.24. The van der Waals surface area contributed by atoms with Gasteiger partial charge in [-0.25, -0.2) is 4.98 Å². The molecule has 0 bridgehead atoms. The van der Waals surface area contributed by atoms with Crippen molar-refractivity contribution in [3.8, 4) is 0 Å². The van der Waals surface area contributed by atoms with Gasteiger partial charge < -0.3 is 4.90 Å². The number of benzene rings is 2. The molecule has 4 rings (SSSR count). The van der Waals surface area contributed by atoms with Crippen LogP contribution in [0.4, 0.5) is 0 Å². The van der Waals surface area contributed by atoms with Gasteiger partial charge in [-0.3, -0.25) is 14.2 Å². The van der Waals surface area contributed by atoms with Crippen LogP contribution in [0.5, 0.6) is 0 Å². The highest BCUT2D eigenvalue weighted by molar-refractivity contribution is 5.79. The Morgan fingerprint density at radius 3 is 2.85 bits per heavy atom. The van der Waals surface area contributed by atoms with Crippen LogP contribution in [-0.2, 0) is 17.8 Å². The van der Waals surface area contributed by atoms with Crippen molar-refractivity contribution in [1.82, 2.24) is 14.5 Å². The van der Waals surface area contributed by atoms with E-state index in [9.17, 15) is 9.59 Å². The molecule has 0 spiro atoms. The number of amides is 1. The molecule has 2 aromatic carbocycles. The van der Waals surface area contributed by atoms with Crippen molar-refractivity contribution in [2.45, 2.75) is 31.8 Å². The number of carbonyl (C=O) groups excluding carboxylic acids is 1. The third-order valence-corrected chi connectivity index (χ3v) is 5.24. The Labute approximate surface area is 151 Å². The highest BCUT2D eigenvalue weighted by atomic mass is 16.2. The zero-order chi connectivity index (χ0) is 18.1. The zero-order valence-electron chi connectivity index (χ0n) is 14.8. The number of aromatic nitrogens is 2. The molecule has 1 heterocycles. The number of nitrogens with zero attached hydrogens (tertiary/aromatic N) is 3. The largest absolute Gasteiger partial charge is 0.337 e. The summed E-state index contributed by atoms with van der Waals surface area (Å²) in [6.45, 7) is 0.00579. The van der Waals surface area contributed by atoms with Gasteiger partial charge in [0.1, 0.15) is 6.54 Å². The standard InChI is InChI=1S/C21H21N3O2/c1-23(19-12-6-8-15-7-2-3-9-16(15)19)20(25)13-24-14-22-18-11-5-4-10-17(18)21(24)26/h2-5,7,9-11,14,19H,6,8,12-13H2,1H3. The molecule has 1 aromatic heterocycles. The van der Waals surface area contributed by atoms with Gasteiger partial charge in [-0.05, 0) is 42.5 Å². The van der Waals surface area contributed by atoms with Crippen LogP contribution in [0.2, 0.25) is 0 Å². The molecule has 0 saturated carbocycles. The molecule has 0 aliphatic heterocycles. The fraction of sp³-hybridized carbons (Fsp3) is 0.286. The van der Waals surface area contributed by atoms with Crippen molar-refractivity contribution in [1.29, 1.82) is 0 Å². The first-order valence-electron chi connectivity index (χ1n) is 8.93. The molecule has 1 amide bonds. The predicted molar refractivity (Wildman–Crippen MR) is 101 cm³/mol. The number of carbonyl (C=O) groups is 1. The molecule has 1 atom stereocenters. The second kappa shape index (κ2) is 6.75. The van der Waals surface area contributed by atoms with Gasteiger partial charge in [-0.15, -0.1) is 0 Å². The minimum atomic E-state index is -0.179. The quantitative estimate of drug-likeness (QED) is 0.732. The van der Waals surface area contributed by atoms with Crippen LogP contribution in [0.15, 0.2) is 59.7 Å². The SMILES string of the molecule is CN(C(=O)Cn1cnc2ccccc2c1=O)C1CCCc2ccccc21. The molecule has 1 aliphatic rings. The van der Waals surface area contributed by atoms with Gasteiger partial charge in [0.2, 0.25) is 5.91 Å². The summed E-state index contributed by atoms with van der Waals surface area (Å²) in [6, 6.07) is 15.6. The molecule has 3 aromatic rings. The molecule has 5 nitrogen and oxygen atoms in total. The molecule has 1 aliphatic carbocycles. The summed E-state index contributed by atoms with van der Waals surface area (Å²) in [6.07, 6.45) is 4.54. The Morgan fingerprint density at radius 2 is 1.96 bits per heavy atom. The summed E-state index contributed by atoms with van der Waals surface area (Å²) in [5.41, 5.74) is 3.00. The summed E-state index contributed by atoms with van der Waals surface area (Å²) in [5, 5.41) is 0.536. The predicted octanol–water partition coefficient (Wildman–Crippen LogP) is 2.93. The first kappa shape index (κ1) is 16.5. The van der Waals surface area contributed by atoms with Crippen LogP contribution >= 0.6 is 0 Å². The summed E-state index contributed by atoms with van der Waals surface area (Å²) >= 11 is 0. The lowest BCUT2D eigenvalue weighted by molar-refractivity contribution is -0.133. The monoisotopic (exact) mass is 347 g/mol.